The molecular formula is C22H34N4O3. The van der Waals surface area contributed by atoms with E-state index in [1.807, 2.05) is 23.1 Å². The van der Waals surface area contributed by atoms with Gasteiger partial charge in [-0.3, -0.25) is 14.7 Å². The van der Waals surface area contributed by atoms with Crippen LogP contribution in [0.25, 0.3) is 0 Å². The smallest absolute Gasteiger partial charge is 0.409 e. The van der Waals surface area contributed by atoms with E-state index >= 15 is 0 Å². The molecule has 29 heavy (non-hydrogen) atoms. The number of hydrogen-bond donors (Lipinski definition) is 1. The second kappa shape index (κ2) is 11.1. The van der Waals surface area contributed by atoms with Crippen LogP contribution in [0.3, 0.4) is 0 Å². The Morgan fingerprint density at radius 2 is 2.03 bits per heavy atom. The Morgan fingerprint density at radius 3 is 2.76 bits per heavy atom. The molecule has 0 unspecified atom stereocenters. The molecule has 0 radical (unpaired) electrons. The van der Waals surface area contributed by atoms with Gasteiger partial charge in [-0.05, 0) is 50.8 Å². The summed E-state index contributed by atoms with van der Waals surface area (Å²) in [4.78, 5) is 33.3. The summed E-state index contributed by atoms with van der Waals surface area (Å²) in [6.45, 7) is 6.40. The van der Waals surface area contributed by atoms with Crippen LogP contribution < -0.4 is 5.32 Å². The van der Waals surface area contributed by atoms with Crippen molar-refractivity contribution in [2.45, 2.75) is 58.0 Å². The standard InChI is InChI=1S/C22H34N4O3/c1-2-3-15-29-22(28)25-13-9-20(10-14-25)26-12-6-7-18(17-26)21(27)24-16-19-8-4-5-11-23-19/h4-5,8,11,18,20H,2-3,6-7,9-10,12-17H2,1H3,(H,24,27)/t18-/m0/s1. The Labute approximate surface area is 173 Å². The Hall–Kier alpha value is -2.15. The highest BCUT2D eigenvalue weighted by Gasteiger charge is 2.32. The molecule has 3 rings (SSSR count). The number of aromatic nitrogens is 1. The SMILES string of the molecule is CCCCOC(=O)N1CCC(N2CCC[C@H](C(=O)NCc3ccccn3)C2)CC1. The summed E-state index contributed by atoms with van der Waals surface area (Å²) in [5.41, 5.74) is 0.881. The molecule has 2 fully saturated rings. The maximum atomic E-state index is 12.6. The number of nitrogens with one attached hydrogen (secondary N) is 1. The average molecular weight is 403 g/mol. The normalized spacial score (nSPS) is 21.0. The molecule has 7 nitrogen and oxygen atoms in total. The van der Waals surface area contributed by atoms with Crippen LogP contribution in [0.2, 0.25) is 0 Å². The van der Waals surface area contributed by atoms with Crippen molar-refractivity contribution in [3.05, 3.63) is 30.1 Å². The van der Waals surface area contributed by atoms with Gasteiger partial charge in [-0.1, -0.05) is 19.4 Å². The first-order valence-corrected chi connectivity index (χ1v) is 11.0. The van der Waals surface area contributed by atoms with Gasteiger partial charge in [-0.25, -0.2) is 4.79 Å². The minimum absolute atomic E-state index is 0.0319. The fourth-order valence-electron chi connectivity index (χ4n) is 4.19. The Bertz CT molecular complexity index is 647. The summed E-state index contributed by atoms with van der Waals surface area (Å²) in [7, 11) is 0. The molecule has 0 bridgehead atoms. The molecule has 3 heterocycles. The van der Waals surface area contributed by atoms with Crippen molar-refractivity contribution in [1.29, 1.82) is 0 Å². The second-order valence-electron chi connectivity index (χ2n) is 8.06. The van der Waals surface area contributed by atoms with Crippen molar-refractivity contribution in [1.82, 2.24) is 20.1 Å². The zero-order valence-electron chi connectivity index (χ0n) is 17.5. The largest absolute Gasteiger partial charge is 0.449 e. The molecule has 7 heteroatoms. The summed E-state index contributed by atoms with van der Waals surface area (Å²) in [5.74, 6) is 0.154. The van der Waals surface area contributed by atoms with E-state index < -0.39 is 0 Å². The third-order valence-electron chi connectivity index (χ3n) is 5.96. The molecule has 2 aliphatic rings. The summed E-state index contributed by atoms with van der Waals surface area (Å²) in [6.07, 6.45) is 7.39. The molecule has 1 N–H and O–H groups in total. The number of piperidine rings is 2. The predicted molar refractivity (Wildman–Crippen MR) is 111 cm³/mol. The third kappa shape index (κ3) is 6.42. The highest BCUT2D eigenvalue weighted by molar-refractivity contribution is 5.78. The fraction of sp³-hybridized carbons (Fsp3) is 0.682. The molecule has 0 saturated carbocycles. The van der Waals surface area contributed by atoms with E-state index in [9.17, 15) is 9.59 Å². The molecule has 1 atom stereocenters. The maximum absolute atomic E-state index is 12.6. The minimum atomic E-state index is -0.178. The van der Waals surface area contributed by atoms with Gasteiger partial charge in [0.15, 0.2) is 0 Å². The first-order chi connectivity index (χ1) is 14.2. The first kappa shape index (κ1) is 21.6. The summed E-state index contributed by atoms with van der Waals surface area (Å²) in [6, 6.07) is 6.18. The lowest BCUT2D eigenvalue weighted by atomic mass is 9.93. The Balaban J connectivity index is 1.41. The molecule has 0 aromatic carbocycles. The zero-order chi connectivity index (χ0) is 20.5. The number of likely N-dealkylation sites (tertiary alicyclic amines) is 2. The Kier molecular flexibility index (Phi) is 8.28. The number of carbonyl (C=O) groups excluding carboxylic acids is 2. The van der Waals surface area contributed by atoms with E-state index in [1.165, 1.54) is 0 Å². The minimum Gasteiger partial charge on any atom is -0.449 e. The molecule has 2 aliphatic heterocycles. The monoisotopic (exact) mass is 402 g/mol. The van der Waals surface area contributed by atoms with Crippen LogP contribution in [0.15, 0.2) is 24.4 Å². The molecule has 1 aromatic heterocycles. The summed E-state index contributed by atoms with van der Waals surface area (Å²) < 4.78 is 5.33. The van der Waals surface area contributed by atoms with E-state index in [0.717, 1.165) is 70.4 Å². The van der Waals surface area contributed by atoms with Crippen molar-refractivity contribution >= 4 is 12.0 Å². The van der Waals surface area contributed by atoms with Crippen molar-refractivity contribution < 1.29 is 14.3 Å². The number of rotatable bonds is 7. The molecular weight excluding hydrogens is 368 g/mol. The van der Waals surface area contributed by atoms with Gasteiger partial charge >= 0.3 is 6.09 Å². The van der Waals surface area contributed by atoms with Crippen LogP contribution >= 0.6 is 0 Å². The van der Waals surface area contributed by atoms with Gasteiger partial charge in [0.1, 0.15) is 0 Å². The third-order valence-corrected chi connectivity index (χ3v) is 5.96. The van der Waals surface area contributed by atoms with E-state index in [-0.39, 0.29) is 17.9 Å². The maximum Gasteiger partial charge on any atom is 0.409 e. The number of unbranched alkanes of at least 4 members (excludes halogenated alkanes) is 1. The van der Waals surface area contributed by atoms with Crippen LogP contribution in [0.5, 0.6) is 0 Å². The zero-order valence-corrected chi connectivity index (χ0v) is 17.5. The summed E-state index contributed by atoms with van der Waals surface area (Å²) in [5, 5.41) is 3.04. The van der Waals surface area contributed by atoms with Gasteiger partial charge in [0.2, 0.25) is 5.91 Å². The van der Waals surface area contributed by atoms with Crippen molar-refractivity contribution in [2.24, 2.45) is 5.92 Å². The van der Waals surface area contributed by atoms with Crippen molar-refractivity contribution in [3.8, 4) is 0 Å². The fourth-order valence-corrected chi connectivity index (χ4v) is 4.19. The average Bonchev–Trinajstić information content (AvgIpc) is 2.78. The number of carbonyl (C=O) groups is 2. The quantitative estimate of drug-likeness (QED) is 0.710. The molecule has 1 aromatic rings. The number of amides is 2. The Morgan fingerprint density at radius 1 is 1.21 bits per heavy atom. The van der Waals surface area contributed by atoms with Gasteiger partial charge in [-0.2, -0.15) is 0 Å². The van der Waals surface area contributed by atoms with Gasteiger partial charge < -0.3 is 15.0 Å². The number of pyridine rings is 1. The first-order valence-electron chi connectivity index (χ1n) is 11.0. The van der Waals surface area contributed by atoms with Crippen LogP contribution in [-0.2, 0) is 16.1 Å². The summed E-state index contributed by atoms with van der Waals surface area (Å²) >= 11 is 0. The number of nitrogens with zero attached hydrogens (tertiary/aromatic N) is 3. The van der Waals surface area contributed by atoms with Crippen LogP contribution in [0.1, 0.15) is 51.1 Å². The van der Waals surface area contributed by atoms with Crippen molar-refractivity contribution in [3.63, 3.8) is 0 Å². The van der Waals surface area contributed by atoms with E-state index in [4.69, 9.17) is 4.74 Å². The molecule has 0 spiro atoms. The van der Waals surface area contributed by atoms with Crippen LogP contribution in [0.4, 0.5) is 4.79 Å². The highest BCUT2D eigenvalue weighted by Crippen LogP contribution is 2.24. The predicted octanol–water partition coefficient (Wildman–Crippen LogP) is 2.81. The lowest BCUT2D eigenvalue weighted by Crippen LogP contribution is -2.51. The van der Waals surface area contributed by atoms with Crippen molar-refractivity contribution in [2.75, 3.05) is 32.8 Å². The highest BCUT2D eigenvalue weighted by atomic mass is 16.6. The van der Waals surface area contributed by atoms with E-state index in [2.05, 4.69) is 22.1 Å². The molecule has 0 aliphatic carbocycles. The van der Waals surface area contributed by atoms with Gasteiger partial charge in [0, 0.05) is 31.9 Å². The van der Waals surface area contributed by atoms with E-state index in [1.54, 1.807) is 6.20 Å². The molecule has 2 saturated heterocycles. The lowest BCUT2D eigenvalue weighted by molar-refractivity contribution is -0.127. The second-order valence-corrected chi connectivity index (χ2v) is 8.06. The van der Waals surface area contributed by atoms with Crippen LogP contribution in [-0.4, -0.2) is 65.6 Å². The lowest BCUT2D eigenvalue weighted by Gasteiger charge is -2.41. The van der Waals surface area contributed by atoms with Gasteiger partial charge in [0.05, 0.1) is 24.8 Å². The number of hydrogen-bond acceptors (Lipinski definition) is 5. The van der Waals surface area contributed by atoms with Gasteiger partial charge in [0.25, 0.3) is 0 Å². The molecule has 160 valence electrons. The topological polar surface area (TPSA) is 74.8 Å². The van der Waals surface area contributed by atoms with Gasteiger partial charge in [-0.15, -0.1) is 0 Å². The number of ether oxygens (including phenoxy) is 1. The van der Waals surface area contributed by atoms with E-state index in [0.29, 0.717) is 19.2 Å². The van der Waals surface area contributed by atoms with Crippen LogP contribution in [0, 0.1) is 5.92 Å². The molecule has 2 amide bonds.